The number of nitro groups is 1. The Hall–Kier alpha value is -3.59. The Morgan fingerprint density at radius 1 is 1.21 bits per heavy atom. The normalized spacial score (nSPS) is 16.5. The van der Waals surface area contributed by atoms with Crippen molar-refractivity contribution in [3.63, 3.8) is 0 Å². The Bertz CT molecular complexity index is 1090. The number of aromatic hydroxyl groups is 1. The number of phenolic OH excluding ortho intramolecular Hbond substituents is 1. The first-order chi connectivity index (χ1) is 13.8. The van der Waals surface area contributed by atoms with Gasteiger partial charge in [-0.1, -0.05) is 29.5 Å². The van der Waals surface area contributed by atoms with Crippen molar-refractivity contribution in [3.05, 3.63) is 79.9 Å². The molecule has 1 heterocycles. The van der Waals surface area contributed by atoms with E-state index in [1.807, 2.05) is 19.1 Å². The predicted octanol–water partition coefficient (Wildman–Crippen LogP) is 4.41. The van der Waals surface area contributed by atoms with Gasteiger partial charge in [0, 0.05) is 6.07 Å². The van der Waals surface area contributed by atoms with Crippen LogP contribution < -0.4 is 0 Å². The van der Waals surface area contributed by atoms with E-state index < -0.39 is 22.3 Å². The number of aliphatic hydroxyl groups excluding tert-OH is 1. The van der Waals surface area contributed by atoms with Gasteiger partial charge in [-0.25, -0.2) is 9.79 Å². The zero-order valence-electron chi connectivity index (χ0n) is 15.4. The van der Waals surface area contributed by atoms with Crippen molar-refractivity contribution < 1.29 is 24.7 Å². The first kappa shape index (κ1) is 20.2. The average molecular weight is 412 g/mol. The summed E-state index contributed by atoms with van der Waals surface area (Å²) in [4.78, 5) is 27.0. The van der Waals surface area contributed by atoms with E-state index in [0.29, 0.717) is 16.2 Å². The largest absolute Gasteiger partial charge is 0.506 e. The molecular weight excluding hydrogens is 396 g/mol. The fraction of sp³-hybridized carbons (Fsp3) is 0.100. The predicted molar refractivity (Wildman–Crippen MR) is 110 cm³/mol. The molecule has 9 heteroatoms. The van der Waals surface area contributed by atoms with Crippen molar-refractivity contribution in [2.75, 3.05) is 7.11 Å². The molecule has 0 atom stereocenters. The molecule has 0 saturated carbocycles. The zero-order valence-corrected chi connectivity index (χ0v) is 16.3. The number of nitro benzene ring substituents is 1. The van der Waals surface area contributed by atoms with Crippen molar-refractivity contribution in [2.24, 2.45) is 4.99 Å². The highest BCUT2D eigenvalue weighted by atomic mass is 32.2. The van der Waals surface area contributed by atoms with E-state index in [2.05, 4.69) is 4.99 Å². The Kier molecular flexibility index (Phi) is 5.69. The molecule has 8 nitrogen and oxygen atoms in total. The molecule has 2 N–H and O–H groups in total. The third-order valence-corrected chi connectivity index (χ3v) is 5.06. The number of hydrogen-bond acceptors (Lipinski definition) is 8. The van der Waals surface area contributed by atoms with E-state index in [-0.39, 0.29) is 16.4 Å². The number of aliphatic hydroxyl groups is 1. The molecule has 1 aliphatic rings. The number of esters is 1. The van der Waals surface area contributed by atoms with Gasteiger partial charge in [0.15, 0.2) is 5.75 Å². The van der Waals surface area contributed by atoms with Gasteiger partial charge >= 0.3 is 11.7 Å². The summed E-state index contributed by atoms with van der Waals surface area (Å²) in [6, 6.07) is 11.1. The van der Waals surface area contributed by atoms with E-state index in [9.17, 15) is 25.1 Å². The molecule has 2 aromatic rings. The number of carbonyl (C=O) groups is 1. The van der Waals surface area contributed by atoms with Gasteiger partial charge in [-0.05, 0) is 42.8 Å². The quantitative estimate of drug-likeness (QED) is 0.433. The lowest BCUT2D eigenvalue weighted by Crippen LogP contribution is -2.10. The van der Waals surface area contributed by atoms with Gasteiger partial charge in [0.05, 0.1) is 22.6 Å². The molecule has 148 valence electrons. The second-order valence-electron chi connectivity index (χ2n) is 6.08. The van der Waals surface area contributed by atoms with E-state index in [0.717, 1.165) is 23.4 Å². The van der Waals surface area contributed by atoms with Crippen LogP contribution in [-0.4, -0.2) is 33.3 Å². The van der Waals surface area contributed by atoms with Crippen LogP contribution in [0.15, 0.2) is 63.7 Å². The molecule has 0 radical (unpaired) electrons. The van der Waals surface area contributed by atoms with Gasteiger partial charge in [0.1, 0.15) is 16.4 Å². The topological polar surface area (TPSA) is 122 Å². The Morgan fingerprint density at radius 2 is 1.90 bits per heavy atom. The first-order valence-electron chi connectivity index (χ1n) is 8.34. The van der Waals surface area contributed by atoms with E-state index >= 15 is 0 Å². The van der Waals surface area contributed by atoms with E-state index in [1.54, 1.807) is 12.1 Å². The van der Waals surface area contributed by atoms with Gasteiger partial charge in [-0.3, -0.25) is 10.1 Å². The minimum Gasteiger partial charge on any atom is -0.506 e. The number of aryl methyl sites for hydroxylation is 1. The minimum atomic E-state index is -0.740. The van der Waals surface area contributed by atoms with Gasteiger partial charge in [-0.15, -0.1) is 0 Å². The number of methoxy groups -OCH3 is 1. The second-order valence-corrected chi connectivity index (χ2v) is 7.11. The molecule has 0 bridgehead atoms. The highest BCUT2D eigenvalue weighted by molar-refractivity contribution is 8.18. The molecule has 1 aliphatic heterocycles. The van der Waals surface area contributed by atoms with Crippen LogP contribution in [0.2, 0.25) is 0 Å². The third-order valence-electron chi connectivity index (χ3n) is 4.04. The highest BCUT2D eigenvalue weighted by Crippen LogP contribution is 2.40. The lowest BCUT2D eigenvalue weighted by molar-refractivity contribution is -0.385. The minimum absolute atomic E-state index is 0.0736. The number of benzene rings is 2. The summed E-state index contributed by atoms with van der Waals surface area (Å²) < 4.78 is 4.76. The van der Waals surface area contributed by atoms with Crippen molar-refractivity contribution in [3.8, 4) is 5.75 Å². The second kappa shape index (κ2) is 8.19. The molecule has 0 unspecified atom stereocenters. The molecule has 2 aromatic carbocycles. The zero-order chi connectivity index (χ0) is 21.1. The van der Waals surface area contributed by atoms with E-state index in [1.165, 1.54) is 25.3 Å². The van der Waals surface area contributed by atoms with Gasteiger partial charge in [-0.2, -0.15) is 0 Å². The van der Waals surface area contributed by atoms with Gasteiger partial charge in [0.2, 0.25) is 0 Å². The average Bonchev–Trinajstić information content (AvgIpc) is 2.97. The number of aliphatic imine (C=N–C) groups is 1. The Labute approximate surface area is 170 Å². The number of thioether (sulfide) groups is 1. The van der Waals surface area contributed by atoms with Crippen molar-refractivity contribution in [2.45, 2.75) is 6.92 Å². The summed E-state index contributed by atoms with van der Waals surface area (Å²) in [5.74, 6) is -1.56. The molecular formula is C20H16N2O6S. The van der Waals surface area contributed by atoms with Crippen LogP contribution in [0.5, 0.6) is 5.75 Å². The molecule has 0 spiro atoms. The highest BCUT2D eigenvalue weighted by Gasteiger charge is 2.33. The van der Waals surface area contributed by atoms with Crippen LogP contribution >= 0.6 is 11.8 Å². The first-order valence-corrected chi connectivity index (χ1v) is 9.16. The monoisotopic (exact) mass is 412 g/mol. The molecule has 0 saturated heterocycles. The Morgan fingerprint density at radius 3 is 2.48 bits per heavy atom. The molecule has 3 rings (SSSR count). The maximum absolute atomic E-state index is 12.2. The van der Waals surface area contributed by atoms with Crippen LogP contribution in [0.3, 0.4) is 0 Å². The number of carbonyl (C=O) groups excluding carboxylic acids is 1. The number of rotatable bonds is 4. The summed E-state index contributed by atoms with van der Waals surface area (Å²) in [6.45, 7) is 1.94. The van der Waals surface area contributed by atoms with Gasteiger partial charge in [0.25, 0.3) is 0 Å². The van der Waals surface area contributed by atoms with Crippen LogP contribution in [0.4, 0.5) is 11.4 Å². The number of hydrogen-bond donors (Lipinski definition) is 2. The van der Waals surface area contributed by atoms with Crippen LogP contribution in [0, 0.1) is 17.0 Å². The van der Waals surface area contributed by atoms with E-state index in [4.69, 9.17) is 4.74 Å². The summed E-state index contributed by atoms with van der Waals surface area (Å²) in [5, 5.41) is 31.4. The third kappa shape index (κ3) is 4.30. The van der Waals surface area contributed by atoms with Crippen molar-refractivity contribution in [1.29, 1.82) is 0 Å². The lowest BCUT2D eigenvalue weighted by Gasteiger charge is -2.02. The molecule has 0 aromatic heterocycles. The maximum atomic E-state index is 12.2. The van der Waals surface area contributed by atoms with Crippen LogP contribution in [0.25, 0.3) is 6.08 Å². The summed E-state index contributed by atoms with van der Waals surface area (Å²) in [5.41, 5.74) is 1.56. The van der Waals surface area contributed by atoms with Crippen molar-refractivity contribution in [1.82, 2.24) is 0 Å². The number of ether oxygens (including phenoxy) is 1. The Balaban J connectivity index is 2.03. The summed E-state index contributed by atoms with van der Waals surface area (Å²) in [6.07, 6.45) is 1.49. The van der Waals surface area contributed by atoms with Gasteiger partial charge < -0.3 is 14.9 Å². The molecule has 29 heavy (non-hydrogen) atoms. The van der Waals surface area contributed by atoms with Crippen LogP contribution in [0.1, 0.15) is 11.1 Å². The fourth-order valence-corrected chi connectivity index (χ4v) is 3.60. The number of phenols is 1. The molecule has 0 aliphatic carbocycles. The fourth-order valence-electron chi connectivity index (χ4n) is 2.56. The van der Waals surface area contributed by atoms with Crippen molar-refractivity contribution >= 4 is 40.2 Å². The molecule has 0 fully saturated rings. The smallest absolute Gasteiger partial charge is 0.344 e. The molecule has 0 amide bonds. The van der Waals surface area contributed by atoms with Crippen LogP contribution in [-0.2, 0) is 9.53 Å². The standard InChI is InChI=1S/C20H16N2O6S/c1-11-3-6-13(7-4-11)21-19-17(20(25)28-2)18(24)16(29-19)10-12-5-8-14(22(26)27)15(23)9-12/h3-10,23-24H,1-2H3/b16-10+,21-19?. The summed E-state index contributed by atoms with van der Waals surface area (Å²) >= 11 is 1.05. The lowest BCUT2D eigenvalue weighted by atomic mass is 10.1. The maximum Gasteiger partial charge on any atom is 0.344 e. The summed E-state index contributed by atoms with van der Waals surface area (Å²) in [7, 11) is 1.20. The SMILES string of the molecule is COC(=O)C1=C(O)/C(=C\c2ccc([N+](=O)[O-])c(O)c2)SC1=Nc1ccc(C)cc1. The number of nitrogens with zero attached hydrogens (tertiary/aromatic N) is 2.